The van der Waals surface area contributed by atoms with Gasteiger partial charge in [-0.1, -0.05) is 20.3 Å². The van der Waals surface area contributed by atoms with Crippen molar-refractivity contribution in [3.63, 3.8) is 0 Å². The lowest BCUT2D eigenvalue weighted by Gasteiger charge is -2.38. The lowest BCUT2D eigenvalue weighted by molar-refractivity contribution is 0.0366. The number of hydrazine groups is 1. The number of aromatic nitrogens is 2. The molecule has 3 N–H and O–H groups in total. The van der Waals surface area contributed by atoms with E-state index in [1.807, 2.05) is 18.9 Å². The standard InChI is InChI=1S/C15H25N5O/c1-9(2)14-17-8-12(16)13(18-14)15(21)19-20-10(3)6-5-7-11(20)4/h8-11H,5-7,16H2,1-4H3,(H,19,21). The maximum absolute atomic E-state index is 12.5. The van der Waals surface area contributed by atoms with Gasteiger partial charge in [0.2, 0.25) is 0 Å². The molecule has 1 amide bonds. The number of anilines is 1. The van der Waals surface area contributed by atoms with Crippen LogP contribution in [0.5, 0.6) is 0 Å². The van der Waals surface area contributed by atoms with E-state index in [2.05, 4.69) is 29.2 Å². The summed E-state index contributed by atoms with van der Waals surface area (Å²) in [5.41, 5.74) is 9.40. The molecule has 116 valence electrons. The van der Waals surface area contributed by atoms with Crippen molar-refractivity contribution in [2.24, 2.45) is 0 Å². The zero-order valence-corrected chi connectivity index (χ0v) is 13.3. The van der Waals surface area contributed by atoms with Gasteiger partial charge < -0.3 is 5.73 Å². The average Bonchev–Trinajstić information content (AvgIpc) is 2.43. The van der Waals surface area contributed by atoms with Crippen LogP contribution in [-0.4, -0.2) is 33.0 Å². The summed E-state index contributed by atoms with van der Waals surface area (Å²) in [7, 11) is 0. The van der Waals surface area contributed by atoms with Crippen molar-refractivity contribution in [3.05, 3.63) is 17.7 Å². The zero-order chi connectivity index (χ0) is 15.6. The Kier molecular flexibility index (Phi) is 4.77. The first-order valence-corrected chi connectivity index (χ1v) is 7.62. The first kappa shape index (κ1) is 15.7. The number of hydrogen-bond acceptors (Lipinski definition) is 5. The minimum absolute atomic E-state index is 0.157. The molecule has 6 nitrogen and oxygen atoms in total. The molecule has 0 spiro atoms. The second-order valence-electron chi connectivity index (χ2n) is 6.16. The van der Waals surface area contributed by atoms with Crippen LogP contribution in [0.4, 0.5) is 5.69 Å². The number of piperidine rings is 1. The molecule has 0 aliphatic carbocycles. The Morgan fingerprint density at radius 1 is 1.38 bits per heavy atom. The van der Waals surface area contributed by atoms with Gasteiger partial charge >= 0.3 is 0 Å². The monoisotopic (exact) mass is 291 g/mol. The van der Waals surface area contributed by atoms with E-state index in [0.717, 1.165) is 12.8 Å². The van der Waals surface area contributed by atoms with E-state index in [9.17, 15) is 4.79 Å². The molecule has 1 aromatic heterocycles. The van der Waals surface area contributed by atoms with Crippen LogP contribution < -0.4 is 11.2 Å². The smallest absolute Gasteiger partial charge is 0.286 e. The van der Waals surface area contributed by atoms with Gasteiger partial charge in [0.1, 0.15) is 5.82 Å². The molecule has 2 unspecified atom stereocenters. The molecular formula is C15H25N5O. The highest BCUT2D eigenvalue weighted by atomic mass is 16.2. The second-order valence-corrected chi connectivity index (χ2v) is 6.16. The summed E-state index contributed by atoms with van der Waals surface area (Å²) in [6.45, 7) is 8.22. The Morgan fingerprint density at radius 3 is 2.57 bits per heavy atom. The van der Waals surface area contributed by atoms with Gasteiger partial charge in [-0.2, -0.15) is 0 Å². The van der Waals surface area contributed by atoms with Crippen molar-refractivity contribution in [1.29, 1.82) is 0 Å². The lowest BCUT2D eigenvalue weighted by Crippen LogP contribution is -2.54. The highest BCUT2D eigenvalue weighted by molar-refractivity contribution is 5.96. The van der Waals surface area contributed by atoms with Crippen molar-refractivity contribution in [2.75, 3.05) is 5.73 Å². The Balaban J connectivity index is 2.18. The number of nitrogens with two attached hydrogens (primary N) is 1. The Bertz CT molecular complexity index is 507. The summed E-state index contributed by atoms with van der Waals surface area (Å²) in [6, 6.07) is 0.649. The largest absolute Gasteiger partial charge is 0.396 e. The topological polar surface area (TPSA) is 84.1 Å². The molecule has 1 aliphatic heterocycles. The third kappa shape index (κ3) is 3.50. The maximum atomic E-state index is 12.5. The molecule has 6 heteroatoms. The normalized spacial score (nSPS) is 23.3. The van der Waals surface area contributed by atoms with Crippen molar-refractivity contribution in [1.82, 2.24) is 20.4 Å². The van der Waals surface area contributed by atoms with Crippen LogP contribution in [-0.2, 0) is 0 Å². The van der Waals surface area contributed by atoms with Crippen LogP contribution in [0.2, 0.25) is 0 Å². The quantitative estimate of drug-likeness (QED) is 0.891. The highest BCUT2D eigenvalue weighted by Gasteiger charge is 2.27. The molecule has 1 aliphatic rings. The van der Waals surface area contributed by atoms with Crippen LogP contribution in [0, 0.1) is 0 Å². The first-order chi connectivity index (χ1) is 9.90. The van der Waals surface area contributed by atoms with E-state index in [4.69, 9.17) is 5.73 Å². The minimum atomic E-state index is -0.252. The molecule has 1 fully saturated rings. The fourth-order valence-electron chi connectivity index (χ4n) is 2.68. The van der Waals surface area contributed by atoms with Crippen molar-refractivity contribution in [2.45, 2.75) is 65.0 Å². The van der Waals surface area contributed by atoms with E-state index >= 15 is 0 Å². The summed E-state index contributed by atoms with van der Waals surface area (Å²) in [5.74, 6) is 0.538. The average molecular weight is 291 g/mol. The van der Waals surface area contributed by atoms with Gasteiger partial charge in [0, 0.05) is 18.0 Å². The predicted molar refractivity (Wildman–Crippen MR) is 82.6 cm³/mol. The van der Waals surface area contributed by atoms with Gasteiger partial charge in [-0.15, -0.1) is 0 Å². The zero-order valence-electron chi connectivity index (χ0n) is 13.3. The van der Waals surface area contributed by atoms with Crippen LogP contribution in [0.1, 0.15) is 69.2 Å². The molecule has 2 rings (SSSR count). The highest BCUT2D eigenvalue weighted by Crippen LogP contribution is 2.21. The van der Waals surface area contributed by atoms with Gasteiger partial charge in [0.15, 0.2) is 5.69 Å². The number of amides is 1. The van der Waals surface area contributed by atoms with Crippen molar-refractivity contribution < 1.29 is 4.79 Å². The van der Waals surface area contributed by atoms with E-state index in [1.165, 1.54) is 12.6 Å². The fourth-order valence-corrected chi connectivity index (χ4v) is 2.68. The molecule has 2 heterocycles. The number of nitrogens with zero attached hydrogens (tertiary/aromatic N) is 3. The molecule has 1 saturated heterocycles. The van der Waals surface area contributed by atoms with E-state index in [0.29, 0.717) is 23.6 Å². The number of rotatable bonds is 3. The number of nitrogens with one attached hydrogen (secondary N) is 1. The Labute approximate surface area is 126 Å². The third-order valence-corrected chi connectivity index (χ3v) is 3.99. The SMILES string of the molecule is CC(C)c1ncc(N)c(C(=O)NN2C(C)CCCC2C)n1. The number of nitrogen functional groups attached to an aromatic ring is 1. The number of carbonyl (C=O) groups is 1. The van der Waals surface area contributed by atoms with E-state index < -0.39 is 0 Å². The first-order valence-electron chi connectivity index (χ1n) is 7.62. The molecule has 21 heavy (non-hydrogen) atoms. The molecule has 0 saturated carbocycles. The van der Waals surface area contributed by atoms with Crippen LogP contribution in [0.15, 0.2) is 6.20 Å². The minimum Gasteiger partial charge on any atom is -0.396 e. The summed E-state index contributed by atoms with van der Waals surface area (Å²) in [5, 5.41) is 2.02. The van der Waals surface area contributed by atoms with Gasteiger partial charge in [-0.25, -0.2) is 15.0 Å². The van der Waals surface area contributed by atoms with E-state index in [-0.39, 0.29) is 17.5 Å². The molecule has 1 aromatic rings. The molecule has 0 bridgehead atoms. The van der Waals surface area contributed by atoms with E-state index in [1.54, 1.807) is 0 Å². The maximum Gasteiger partial charge on any atom is 0.286 e. The summed E-state index contributed by atoms with van der Waals surface area (Å²) >= 11 is 0. The summed E-state index contributed by atoms with van der Waals surface area (Å²) in [6.07, 6.45) is 4.88. The summed E-state index contributed by atoms with van der Waals surface area (Å²) in [4.78, 5) is 21.0. The Hall–Kier alpha value is -1.69. The Morgan fingerprint density at radius 2 is 2.00 bits per heavy atom. The molecule has 0 aromatic carbocycles. The number of carbonyl (C=O) groups excluding carboxylic acids is 1. The van der Waals surface area contributed by atoms with Crippen molar-refractivity contribution in [3.8, 4) is 0 Å². The van der Waals surface area contributed by atoms with Gasteiger partial charge in [0.05, 0.1) is 11.9 Å². The van der Waals surface area contributed by atoms with Gasteiger partial charge in [0.25, 0.3) is 5.91 Å². The van der Waals surface area contributed by atoms with Crippen LogP contribution in [0.3, 0.4) is 0 Å². The van der Waals surface area contributed by atoms with Crippen LogP contribution in [0.25, 0.3) is 0 Å². The summed E-state index contributed by atoms with van der Waals surface area (Å²) < 4.78 is 0. The van der Waals surface area contributed by atoms with Gasteiger partial charge in [-0.3, -0.25) is 10.2 Å². The predicted octanol–water partition coefficient (Wildman–Crippen LogP) is 2.09. The van der Waals surface area contributed by atoms with Crippen molar-refractivity contribution >= 4 is 11.6 Å². The lowest BCUT2D eigenvalue weighted by atomic mass is 10.00. The molecule has 2 atom stereocenters. The second kappa shape index (κ2) is 6.39. The van der Waals surface area contributed by atoms with Crippen LogP contribution >= 0.6 is 0 Å². The number of hydrogen-bond donors (Lipinski definition) is 2. The third-order valence-electron chi connectivity index (χ3n) is 3.99. The fraction of sp³-hybridized carbons (Fsp3) is 0.667. The van der Waals surface area contributed by atoms with Gasteiger partial charge in [-0.05, 0) is 26.7 Å². The molecular weight excluding hydrogens is 266 g/mol. The molecule has 0 radical (unpaired) electrons.